The van der Waals surface area contributed by atoms with Crippen molar-refractivity contribution in [2.45, 2.75) is 31.9 Å². The van der Waals surface area contributed by atoms with Crippen LogP contribution in [-0.2, 0) is 24.1 Å². The molecule has 1 fully saturated rings. The van der Waals surface area contributed by atoms with E-state index in [0.29, 0.717) is 6.54 Å². The summed E-state index contributed by atoms with van der Waals surface area (Å²) in [5.41, 5.74) is 0. The van der Waals surface area contributed by atoms with Crippen molar-refractivity contribution in [3.05, 3.63) is 11.6 Å². The lowest BCUT2D eigenvalue weighted by molar-refractivity contribution is 0.0382. The van der Waals surface area contributed by atoms with Crippen LogP contribution in [0.5, 0.6) is 0 Å². The molecule has 0 amide bonds. The fourth-order valence-electron chi connectivity index (χ4n) is 2.53. The monoisotopic (exact) mass is 252 g/mol. The molecule has 0 saturated carbocycles. The van der Waals surface area contributed by atoms with Crippen molar-refractivity contribution in [1.82, 2.24) is 19.7 Å². The first-order chi connectivity index (χ1) is 8.81. The van der Waals surface area contributed by atoms with Gasteiger partial charge in [0, 0.05) is 32.5 Å². The molecule has 3 heterocycles. The highest BCUT2D eigenvalue weighted by atomic mass is 16.5. The largest absolute Gasteiger partial charge is 0.391 e. The van der Waals surface area contributed by atoms with Gasteiger partial charge in [0.2, 0.25) is 0 Å². The lowest BCUT2D eigenvalue weighted by Gasteiger charge is -2.25. The van der Waals surface area contributed by atoms with Crippen molar-refractivity contribution in [2.24, 2.45) is 0 Å². The zero-order valence-electron chi connectivity index (χ0n) is 10.6. The van der Waals surface area contributed by atoms with Crippen molar-refractivity contribution in [3.8, 4) is 0 Å². The van der Waals surface area contributed by atoms with E-state index >= 15 is 0 Å². The molecule has 0 spiro atoms. The van der Waals surface area contributed by atoms with Crippen LogP contribution in [0.25, 0.3) is 0 Å². The molecule has 0 aromatic carbocycles. The van der Waals surface area contributed by atoms with Crippen LogP contribution in [0.1, 0.15) is 18.1 Å². The van der Waals surface area contributed by atoms with Crippen molar-refractivity contribution >= 4 is 0 Å². The van der Waals surface area contributed by atoms with Crippen molar-refractivity contribution in [3.63, 3.8) is 0 Å². The number of rotatable bonds is 3. The van der Waals surface area contributed by atoms with Gasteiger partial charge in [0.15, 0.2) is 5.82 Å². The zero-order valence-corrected chi connectivity index (χ0v) is 10.6. The van der Waals surface area contributed by atoms with Gasteiger partial charge in [0.25, 0.3) is 0 Å². The SMILES string of the molecule is OC1CCc2nc(CCN3CCOCC3)nn2C1. The maximum absolute atomic E-state index is 9.59. The minimum absolute atomic E-state index is 0.258. The molecule has 1 aromatic rings. The molecule has 100 valence electrons. The summed E-state index contributed by atoms with van der Waals surface area (Å²) in [4.78, 5) is 6.94. The number of aromatic nitrogens is 3. The van der Waals surface area contributed by atoms with Gasteiger partial charge in [-0.3, -0.25) is 4.90 Å². The van der Waals surface area contributed by atoms with Gasteiger partial charge in [-0.1, -0.05) is 0 Å². The molecule has 6 nitrogen and oxygen atoms in total. The quantitative estimate of drug-likeness (QED) is 0.783. The molecule has 0 radical (unpaired) electrons. The molecule has 1 aromatic heterocycles. The summed E-state index contributed by atoms with van der Waals surface area (Å²) in [5, 5.41) is 14.1. The Labute approximate surface area is 107 Å². The average molecular weight is 252 g/mol. The Balaban J connectivity index is 1.56. The number of aliphatic hydroxyl groups excluding tert-OH is 1. The Bertz CT molecular complexity index is 401. The highest BCUT2D eigenvalue weighted by molar-refractivity contribution is 4.97. The van der Waals surface area contributed by atoms with E-state index in [1.807, 2.05) is 4.68 Å². The van der Waals surface area contributed by atoms with Crippen molar-refractivity contribution < 1.29 is 9.84 Å². The van der Waals surface area contributed by atoms with Crippen LogP contribution >= 0.6 is 0 Å². The average Bonchev–Trinajstić information content (AvgIpc) is 2.79. The predicted octanol–water partition coefficient (Wildman–Crippen LogP) is -0.540. The molecule has 0 bridgehead atoms. The van der Waals surface area contributed by atoms with Crippen LogP contribution in [-0.4, -0.2) is 63.7 Å². The van der Waals surface area contributed by atoms with Crippen molar-refractivity contribution in [2.75, 3.05) is 32.8 Å². The van der Waals surface area contributed by atoms with E-state index in [1.54, 1.807) is 0 Å². The molecular weight excluding hydrogens is 232 g/mol. The minimum atomic E-state index is -0.258. The van der Waals surface area contributed by atoms with Gasteiger partial charge in [0.05, 0.1) is 25.9 Å². The number of nitrogens with zero attached hydrogens (tertiary/aromatic N) is 4. The maximum Gasteiger partial charge on any atom is 0.152 e. The lowest BCUT2D eigenvalue weighted by Crippen LogP contribution is -2.37. The first-order valence-electron chi connectivity index (χ1n) is 6.72. The third kappa shape index (κ3) is 2.71. The summed E-state index contributed by atoms with van der Waals surface area (Å²) in [5.74, 6) is 1.93. The fraction of sp³-hybridized carbons (Fsp3) is 0.833. The number of hydrogen-bond acceptors (Lipinski definition) is 5. The molecule has 1 saturated heterocycles. The molecule has 3 rings (SSSR count). The summed E-state index contributed by atoms with van der Waals surface area (Å²) < 4.78 is 7.19. The number of hydrogen-bond donors (Lipinski definition) is 1. The Morgan fingerprint density at radius 1 is 1.33 bits per heavy atom. The molecular formula is C12H20N4O2. The molecule has 2 aliphatic rings. The van der Waals surface area contributed by atoms with Crippen LogP contribution in [0, 0.1) is 0 Å². The smallest absolute Gasteiger partial charge is 0.152 e. The summed E-state index contributed by atoms with van der Waals surface area (Å²) in [6.07, 6.45) is 2.27. The van der Waals surface area contributed by atoms with Gasteiger partial charge in [-0.2, -0.15) is 5.10 Å². The van der Waals surface area contributed by atoms with Gasteiger partial charge >= 0.3 is 0 Å². The fourth-order valence-corrected chi connectivity index (χ4v) is 2.53. The van der Waals surface area contributed by atoms with Crippen LogP contribution in [0.4, 0.5) is 0 Å². The van der Waals surface area contributed by atoms with E-state index in [2.05, 4.69) is 15.0 Å². The summed E-state index contributed by atoms with van der Waals surface area (Å²) in [6.45, 7) is 5.27. The van der Waals surface area contributed by atoms with Gasteiger partial charge < -0.3 is 9.84 Å². The number of fused-ring (bicyclic) bond motifs is 1. The first kappa shape index (κ1) is 12.1. The van der Waals surface area contributed by atoms with Crippen LogP contribution in [0.2, 0.25) is 0 Å². The number of aryl methyl sites for hydroxylation is 1. The summed E-state index contributed by atoms with van der Waals surface area (Å²) >= 11 is 0. The van der Waals surface area contributed by atoms with E-state index in [9.17, 15) is 5.11 Å². The second-order valence-electron chi connectivity index (χ2n) is 5.02. The van der Waals surface area contributed by atoms with E-state index in [1.165, 1.54) is 0 Å². The van der Waals surface area contributed by atoms with Crippen LogP contribution < -0.4 is 0 Å². The number of aliphatic hydroxyl groups is 1. The van der Waals surface area contributed by atoms with E-state index < -0.39 is 0 Å². The zero-order chi connectivity index (χ0) is 12.4. The Kier molecular flexibility index (Phi) is 3.58. The van der Waals surface area contributed by atoms with Gasteiger partial charge in [-0.15, -0.1) is 0 Å². The van der Waals surface area contributed by atoms with Gasteiger partial charge in [-0.25, -0.2) is 9.67 Å². The molecule has 1 N–H and O–H groups in total. The third-order valence-corrected chi connectivity index (χ3v) is 3.63. The maximum atomic E-state index is 9.59. The second kappa shape index (κ2) is 5.34. The standard InChI is InChI=1S/C12H20N4O2/c17-10-1-2-12-13-11(14-16(12)9-10)3-4-15-5-7-18-8-6-15/h10,17H,1-9H2. The van der Waals surface area contributed by atoms with E-state index in [4.69, 9.17) is 4.74 Å². The molecule has 1 unspecified atom stereocenters. The van der Waals surface area contributed by atoms with Gasteiger partial charge in [0.1, 0.15) is 5.82 Å². The van der Waals surface area contributed by atoms with Gasteiger partial charge in [-0.05, 0) is 6.42 Å². The summed E-state index contributed by atoms with van der Waals surface area (Å²) in [6, 6.07) is 0. The molecule has 18 heavy (non-hydrogen) atoms. The van der Waals surface area contributed by atoms with Crippen molar-refractivity contribution in [1.29, 1.82) is 0 Å². The molecule has 2 aliphatic heterocycles. The highest BCUT2D eigenvalue weighted by Crippen LogP contribution is 2.13. The Morgan fingerprint density at radius 3 is 3.00 bits per heavy atom. The minimum Gasteiger partial charge on any atom is -0.391 e. The topological polar surface area (TPSA) is 63.4 Å². The third-order valence-electron chi connectivity index (χ3n) is 3.63. The van der Waals surface area contributed by atoms with Crippen LogP contribution in [0.3, 0.4) is 0 Å². The normalized spacial score (nSPS) is 25.1. The molecule has 6 heteroatoms. The molecule has 0 aliphatic carbocycles. The summed E-state index contributed by atoms with van der Waals surface area (Å²) in [7, 11) is 0. The Hall–Kier alpha value is -0.980. The Morgan fingerprint density at radius 2 is 2.17 bits per heavy atom. The number of morpholine rings is 1. The second-order valence-corrected chi connectivity index (χ2v) is 5.02. The highest BCUT2D eigenvalue weighted by Gasteiger charge is 2.20. The lowest BCUT2D eigenvalue weighted by atomic mass is 10.1. The predicted molar refractivity (Wildman–Crippen MR) is 65.3 cm³/mol. The van der Waals surface area contributed by atoms with Crippen LogP contribution in [0.15, 0.2) is 0 Å². The van der Waals surface area contributed by atoms with E-state index in [0.717, 1.165) is 63.8 Å². The number of ether oxygens (including phenoxy) is 1. The first-order valence-corrected chi connectivity index (χ1v) is 6.72. The molecule has 1 atom stereocenters. The van der Waals surface area contributed by atoms with E-state index in [-0.39, 0.29) is 6.10 Å².